The van der Waals surface area contributed by atoms with Crippen molar-refractivity contribution in [2.75, 3.05) is 6.61 Å². The maximum absolute atomic E-state index is 11.0. The molecule has 0 aliphatic heterocycles. The van der Waals surface area contributed by atoms with E-state index in [2.05, 4.69) is 36.7 Å². The largest absolute Gasteiger partial charge is 0.460 e. The Bertz CT molecular complexity index is 194. The first-order valence-electron chi connectivity index (χ1n) is 3.35. The summed E-state index contributed by atoms with van der Waals surface area (Å²) in [4.78, 5) is 11.0. The fourth-order valence-electron chi connectivity index (χ4n) is 0.510. The summed E-state index contributed by atoms with van der Waals surface area (Å²) >= 11 is 8.44. The summed E-state index contributed by atoms with van der Waals surface area (Å²) in [6, 6.07) is -0.463. The van der Waals surface area contributed by atoms with Crippen LogP contribution < -0.4 is 5.32 Å². The van der Waals surface area contributed by atoms with E-state index < -0.39 is 6.04 Å². The molecule has 5 heteroatoms. The fraction of sp³-hybridized carbons (Fsp3) is 0.429. The van der Waals surface area contributed by atoms with Crippen LogP contribution in [-0.2, 0) is 9.53 Å². The van der Waals surface area contributed by atoms with Crippen molar-refractivity contribution >= 4 is 35.1 Å². The van der Waals surface area contributed by atoms with Crippen LogP contribution >= 0.6 is 24.8 Å². The van der Waals surface area contributed by atoms with Crippen LogP contribution in [0.25, 0.3) is 0 Å². The molecule has 0 saturated carbocycles. The van der Waals surface area contributed by atoms with Crippen molar-refractivity contribution in [2.24, 2.45) is 0 Å². The lowest BCUT2D eigenvalue weighted by atomic mass is 10.3. The van der Waals surface area contributed by atoms with E-state index in [0.717, 1.165) is 0 Å². The Morgan fingerprint density at radius 3 is 2.92 bits per heavy atom. The number of carbonyl (C=O) groups excluding carboxylic acids is 1. The number of thiocarbonyl (C=S) groups is 1. The first kappa shape index (κ1) is 11.4. The van der Waals surface area contributed by atoms with Crippen LogP contribution in [-0.4, -0.2) is 22.9 Å². The first-order valence-corrected chi connectivity index (χ1v) is 4.20. The number of carbonyl (C=O) groups is 1. The van der Waals surface area contributed by atoms with Gasteiger partial charge in [0.2, 0.25) is 0 Å². The number of hydrogen-bond donors (Lipinski definition) is 2. The van der Waals surface area contributed by atoms with E-state index in [4.69, 9.17) is 4.74 Å². The van der Waals surface area contributed by atoms with Gasteiger partial charge in [-0.15, -0.1) is 12.6 Å². The van der Waals surface area contributed by atoms with Gasteiger partial charge in [-0.05, 0) is 6.92 Å². The highest BCUT2D eigenvalue weighted by Gasteiger charge is 2.12. The molecule has 0 saturated heterocycles. The zero-order chi connectivity index (χ0) is 9.56. The molecule has 0 bridgehead atoms. The Kier molecular flexibility index (Phi) is 5.74. The maximum atomic E-state index is 11.0. The third-order valence-electron chi connectivity index (χ3n) is 1.04. The van der Waals surface area contributed by atoms with Crippen LogP contribution in [0.2, 0.25) is 0 Å². The molecule has 0 aromatic heterocycles. The second-order valence-corrected chi connectivity index (χ2v) is 3.25. The predicted molar refractivity (Wildman–Crippen MR) is 55.3 cm³/mol. The van der Waals surface area contributed by atoms with Gasteiger partial charge in [-0.3, -0.25) is 0 Å². The molecule has 0 unspecified atom stereocenters. The molecule has 0 fully saturated rings. The highest BCUT2D eigenvalue weighted by Crippen LogP contribution is 1.90. The normalized spacial score (nSPS) is 11.5. The van der Waals surface area contributed by atoms with Gasteiger partial charge in [-0.25, -0.2) is 4.79 Å². The van der Waals surface area contributed by atoms with Crippen molar-refractivity contribution in [3.05, 3.63) is 12.7 Å². The fourth-order valence-corrected chi connectivity index (χ4v) is 0.881. The van der Waals surface area contributed by atoms with Crippen molar-refractivity contribution in [1.29, 1.82) is 0 Å². The lowest BCUT2D eigenvalue weighted by Gasteiger charge is -2.11. The van der Waals surface area contributed by atoms with Gasteiger partial charge in [0.15, 0.2) is 0 Å². The van der Waals surface area contributed by atoms with Crippen LogP contribution in [0.5, 0.6) is 0 Å². The highest BCUT2D eigenvalue weighted by atomic mass is 32.1. The Balaban J connectivity index is 3.76. The second-order valence-electron chi connectivity index (χ2n) is 2.09. The molecular formula is C7H11NO2S2. The molecule has 12 heavy (non-hydrogen) atoms. The molecule has 1 atom stereocenters. The van der Waals surface area contributed by atoms with Gasteiger partial charge in [-0.1, -0.05) is 24.9 Å². The Morgan fingerprint density at radius 2 is 2.50 bits per heavy atom. The van der Waals surface area contributed by atoms with Crippen molar-refractivity contribution in [3.63, 3.8) is 0 Å². The summed E-state index contributed by atoms with van der Waals surface area (Å²) in [7, 11) is 0. The molecule has 0 aliphatic carbocycles. The lowest BCUT2D eigenvalue weighted by Crippen LogP contribution is -2.36. The summed E-state index contributed by atoms with van der Waals surface area (Å²) in [6.07, 6.45) is 1.50. The number of thiol groups is 1. The molecule has 0 heterocycles. The average Bonchev–Trinajstić information content (AvgIpc) is 1.98. The quantitative estimate of drug-likeness (QED) is 0.310. The van der Waals surface area contributed by atoms with Crippen molar-refractivity contribution < 1.29 is 9.53 Å². The summed E-state index contributed by atoms with van der Waals surface area (Å²) in [5, 5.41) is 2.64. The minimum atomic E-state index is -0.463. The SMILES string of the molecule is C=CCOC(=O)[C@H](C)NC(=S)S. The molecule has 0 radical (unpaired) electrons. The van der Waals surface area contributed by atoms with Gasteiger partial charge in [0, 0.05) is 0 Å². The molecule has 0 aromatic carbocycles. The molecule has 0 aromatic rings. The Hall–Kier alpha value is -0.550. The number of hydrogen-bond acceptors (Lipinski definition) is 3. The Labute approximate surface area is 82.6 Å². The summed E-state index contributed by atoms with van der Waals surface area (Å²) in [5.74, 6) is -0.369. The van der Waals surface area contributed by atoms with E-state index in [0.29, 0.717) is 0 Å². The number of ether oxygens (including phenoxy) is 1. The summed E-state index contributed by atoms with van der Waals surface area (Å²) in [5.41, 5.74) is 0. The van der Waals surface area contributed by atoms with E-state index in [1.54, 1.807) is 6.92 Å². The molecule has 0 amide bonds. The molecule has 1 N–H and O–H groups in total. The smallest absolute Gasteiger partial charge is 0.328 e. The zero-order valence-corrected chi connectivity index (χ0v) is 8.45. The van der Waals surface area contributed by atoms with Crippen LogP contribution in [0.1, 0.15) is 6.92 Å². The number of rotatable bonds is 4. The Morgan fingerprint density at radius 1 is 1.92 bits per heavy atom. The third-order valence-corrected chi connectivity index (χ3v) is 1.28. The van der Waals surface area contributed by atoms with Crippen LogP contribution in [0.15, 0.2) is 12.7 Å². The topological polar surface area (TPSA) is 38.3 Å². The summed E-state index contributed by atoms with van der Waals surface area (Å²) < 4.78 is 5.02. The van der Waals surface area contributed by atoms with Gasteiger partial charge in [0.1, 0.15) is 17.0 Å². The maximum Gasteiger partial charge on any atom is 0.328 e. The minimum Gasteiger partial charge on any atom is -0.460 e. The van der Waals surface area contributed by atoms with Crippen molar-refractivity contribution in [3.8, 4) is 0 Å². The first-order chi connectivity index (χ1) is 5.57. The standard InChI is InChI=1S/C7H11NO2S2/c1-3-4-10-6(9)5(2)8-7(11)12/h3,5H,1,4H2,2H3,(H2,8,11,12)/t5-/m0/s1. The van der Waals surface area contributed by atoms with Gasteiger partial charge >= 0.3 is 5.97 Å². The van der Waals surface area contributed by atoms with Crippen LogP contribution in [0, 0.1) is 0 Å². The van der Waals surface area contributed by atoms with E-state index in [9.17, 15) is 4.79 Å². The molecule has 3 nitrogen and oxygen atoms in total. The van der Waals surface area contributed by atoms with Gasteiger partial charge < -0.3 is 10.1 Å². The molecule has 68 valence electrons. The minimum absolute atomic E-state index is 0.212. The predicted octanol–water partition coefficient (Wildman–Crippen LogP) is 0.908. The second kappa shape index (κ2) is 6.02. The average molecular weight is 205 g/mol. The van der Waals surface area contributed by atoms with Crippen LogP contribution in [0.3, 0.4) is 0 Å². The highest BCUT2D eigenvalue weighted by molar-refractivity contribution is 8.11. The van der Waals surface area contributed by atoms with E-state index in [-0.39, 0.29) is 16.9 Å². The lowest BCUT2D eigenvalue weighted by molar-refractivity contribution is -0.143. The molecule has 0 spiro atoms. The molecule has 0 rings (SSSR count). The molecular weight excluding hydrogens is 194 g/mol. The monoisotopic (exact) mass is 205 g/mol. The van der Waals surface area contributed by atoms with Gasteiger partial charge in [0.25, 0.3) is 0 Å². The molecule has 0 aliphatic rings. The van der Waals surface area contributed by atoms with Gasteiger partial charge in [0.05, 0.1) is 0 Å². The zero-order valence-electron chi connectivity index (χ0n) is 6.74. The van der Waals surface area contributed by atoms with Crippen molar-refractivity contribution in [2.45, 2.75) is 13.0 Å². The number of esters is 1. The van der Waals surface area contributed by atoms with Crippen LogP contribution in [0.4, 0.5) is 0 Å². The van der Waals surface area contributed by atoms with E-state index in [1.165, 1.54) is 6.08 Å². The third kappa shape index (κ3) is 5.15. The van der Waals surface area contributed by atoms with Gasteiger partial charge in [-0.2, -0.15) is 0 Å². The summed E-state index contributed by atoms with van der Waals surface area (Å²) in [6.45, 7) is 5.27. The number of nitrogens with one attached hydrogen (secondary N) is 1. The van der Waals surface area contributed by atoms with E-state index >= 15 is 0 Å². The van der Waals surface area contributed by atoms with Crippen molar-refractivity contribution in [1.82, 2.24) is 5.32 Å². The van der Waals surface area contributed by atoms with E-state index in [1.807, 2.05) is 0 Å².